The molecule has 6 rings (SSSR count). The number of fused-ring (bicyclic) bond motifs is 1. The van der Waals surface area contributed by atoms with E-state index in [2.05, 4.69) is 25.9 Å². The zero-order valence-corrected chi connectivity index (χ0v) is 30.4. The smallest absolute Gasteiger partial charge is 0.421 e. The summed E-state index contributed by atoms with van der Waals surface area (Å²) >= 11 is 7.07. The molecule has 1 amide bonds. The molecule has 15 heteroatoms. The van der Waals surface area contributed by atoms with Gasteiger partial charge in [0, 0.05) is 67.1 Å². The Morgan fingerprint density at radius 2 is 1.75 bits per heavy atom. The zero-order valence-electron chi connectivity index (χ0n) is 29.6. The van der Waals surface area contributed by atoms with Gasteiger partial charge in [-0.25, -0.2) is 4.98 Å². The highest BCUT2D eigenvalue weighted by molar-refractivity contribution is 6.35. The normalized spacial score (nSPS) is 17.6. The Morgan fingerprint density at radius 3 is 2.47 bits per heavy atom. The lowest BCUT2D eigenvalue weighted by molar-refractivity contribution is -0.139. The van der Waals surface area contributed by atoms with Crippen LogP contribution in [-0.4, -0.2) is 65.4 Å². The van der Waals surface area contributed by atoms with Crippen molar-refractivity contribution in [3.05, 3.63) is 81.5 Å². The van der Waals surface area contributed by atoms with Crippen molar-refractivity contribution >= 4 is 17.5 Å². The number of aliphatic hydroxyl groups is 1. The number of nitrogens with one attached hydrogen (secondary N) is 3. The molecule has 0 spiro atoms. The molecule has 4 N–H and O–H groups in total. The molecular weight excluding hydrogens is 713 g/mol. The van der Waals surface area contributed by atoms with Gasteiger partial charge in [0.25, 0.3) is 0 Å². The average molecular weight is 755 g/mol. The molecule has 0 unspecified atom stereocenters. The highest BCUT2D eigenvalue weighted by Crippen LogP contribution is 2.44. The quantitative estimate of drug-likeness (QED) is 0.118. The fraction of sp³-hybridized carbons (Fsp3) is 0.421. The van der Waals surface area contributed by atoms with Gasteiger partial charge in [0.1, 0.15) is 11.7 Å². The van der Waals surface area contributed by atoms with Crippen molar-refractivity contribution < 1.29 is 37.3 Å². The minimum absolute atomic E-state index is 0.00252. The summed E-state index contributed by atoms with van der Waals surface area (Å²) in [6.07, 6.45) is -1.41. The van der Waals surface area contributed by atoms with Crippen LogP contribution >= 0.6 is 11.6 Å². The molecule has 0 saturated carbocycles. The van der Waals surface area contributed by atoms with Crippen LogP contribution in [0.15, 0.2) is 48.7 Å². The molecule has 1 aromatic carbocycles. The van der Waals surface area contributed by atoms with E-state index in [0.29, 0.717) is 66.6 Å². The van der Waals surface area contributed by atoms with Gasteiger partial charge in [-0.1, -0.05) is 35.9 Å². The Bertz CT molecular complexity index is 1950. The van der Waals surface area contributed by atoms with Gasteiger partial charge in [-0.3, -0.25) is 9.78 Å². The summed E-state index contributed by atoms with van der Waals surface area (Å²) < 4.78 is 60.3. The number of aromatic nitrogens is 3. The topological polar surface area (TPSA) is 140 Å². The van der Waals surface area contributed by atoms with Gasteiger partial charge in [-0.15, -0.1) is 0 Å². The molecule has 1 aliphatic carbocycles. The van der Waals surface area contributed by atoms with Gasteiger partial charge in [0.2, 0.25) is 23.5 Å². The summed E-state index contributed by atoms with van der Waals surface area (Å²) in [5.74, 6) is -0.0718. The molecular formula is C38H42ClF3N6O5. The fourth-order valence-electron chi connectivity index (χ4n) is 6.79. The third-order valence-corrected chi connectivity index (χ3v) is 9.71. The van der Waals surface area contributed by atoms with Crippen molar-refractivity contribution in [2.45, 2.75) is 76.5 Å². The van der Waals surface area contributed by atoms with E-state index in [1.54, 1.807) is 26.3 Å². The number of benzene rings is 1. The first-order chi connectivity index (χ1) is 25.5. The Labute approximate surface area is 310 Å². The Hall–Kier alpha value is -4.50. The maximum absolute atomic E-state index is 14.4. The summed E-state index contributed by atoms with van der Waals surface area (Å²) in [4.78, 5) is 25.1. The molecule has 3 atom stereocenters. The maximum Gasteiger partial charge on any atom is 0.421 e. The van der Waals surface area contributed by atoms with E-state index >= 15 is 0 Å². The minimum atomic E-state index is -4.75. The summed E-state index contributed by atoms with van der Waals surface area (Å²) in [6.45, 7) is 2.90. The van der Waals surface area contributed by atoms with Gasteiger partial charge < -0.3 is 35.3 Å². The standard InChI is InChI=1S/C38H42ClF3N6O5/c1-21(49)17-43-19-23-16-29(38(40,41)42)37(48-36(23)52-3)53-31-9-5-6-25-26(31)7-4-8-27(25)34-33(39)28(14-15-45-34)30-12-10-22(35(47-30)51-2)18-44-20-24-11-13-32(50)46-24/h4,7-8,10,12,14-16,21,24,31,43-44,49H,5-6,9,11,13,17-20H2,1-3H3,(H,46,50)/t21-,24-,31-/m0/s1. The second-order valence-corrected chi connectivity index (χ2v) is 13.6. The molecule has 1 aliphatic heterocycles. The third-order valence-electron chi connectivity index (χ3n) is 9.33. The minimum Gasteiger partial charge on any atom is -0.481 e. The molecule has 0 radical (unpaired) electrons. The number of alkyl halides is 3. The number of hydrogen-bond donors (Lipinski definition) is 4. The molecule has 282 valence electrons. The van der Waals surface area contributed by atoms with Crippen LogP contribution in [0.1, 0.15) is 66.5 Å². The van der Waals surface area contributed by atoms with Crippen molar-refractivity contribution in [3.63, 3.8) is 0 Å². The molecule has 2 aliphatic rings. The lowest BCUT2D eigenvalue weighted by atomic mass is 9.85. The highest BCUT2D eigenvalue weighted by Gasteiger charge is 2.38. The Balaban J connectivity index is 1.27. The molecule has 4 heterocycles. The SMILES string of the molecule is COc1nc(-c2ccnc(-c3cccc4c3CCC[C@@H]4Oc3nc(OC)c(CNC[C@H](C)O)cc3C(F)(F)F)c2Cl)ccc1CNC[C@@H]1CCC(=O)N1. The van der Waals surface area contributed by atoms with Crippen molar-refractivity contribution in [3.8, 4) is 40.2 Å². The predicted molar refractivity (Wildman–Crippen MR) is 193 cm³/mol. The number of halogens is 4. The lowest BCUT2D eigenvalue weighted by Gasteiger charge is -2.29. The second-order valence-electron chi connectivity index (χ2n) is 13.2. The number of amides is 1. The lowest BCUT2D eigenvalue weighted by Crippen LogP contribution is -2.35. The monoisotopic (exact) mass is 754 g/mol. The van der Waals surface area contributed by atoms with Crippen molar-refractivity contribution in [1.82, 2.24) is 30.9 Å². The van der Waals surface area contributed by atoms with Crippen LogP contribution in [0.4, 0.5) is 13.2 Å². The van der Waals surface area contributed by atoms with Gasteiger partial charge in [-0.05, 0) is 61.9 Å². The second kappa shape index (κ2) is 16.7. The van der Waals surface area contributed by atoms with Crippen LogP contribution in [0.2, 0.25) is 5.02 Å². The number of carbonyl (C=O) groups excluding carboxylic acids is 1. The first-order valence-electron chi connectivity index (χ1n) is 17.5. The molecule has 4 aromatic rings. The number of hydrogen-bond acceptors (Lipinski definition) is 10. The molecule has 0 bridgehead atoms. The van der Waals surface area contributed by atoms with Crippen LogP contribution in [0, 0.1) is 0 Å². The van der Waals surface area contributed by atoms with Gasteiger partial charge >= 0.3 is 6.18 Å². The van der Waals surface area contributed by atoms with Crippen LogP contribution < -0.4 is 30.2 Å². The molecule has 1 fully saturated rings. The van der Waals surface area contributed by atoms with Crippen LogP contribution in [0.25, 0.3) is 22.5 Å². The number of carbonyl (C=O) groups is 1. The molecule has 11 nitrogen and oxygen atoms in total. The Kier molecular flexibility index (Phi) is 12.0. The summed E-state index contributed by atoms with van der Waals surface area (Å²) in [6, 6.07) is 12.2. The molecule has 1 saturated heterocycles. The predicted octanol–water partition coefficient (Wildman–Crippen LogP) is 6.19. The van der Waals surface area contributed by atoms with E-state index in [1.165, 1.54) is 7.11 Å². The van der Waals surface area contributed by atoms with E-state index in [0.717, 1.165) is 34.7 Å². The summed E-state index contributed by atoms with van der Waals surface area (Å²) in [5.41, 5.74) is 4.09. The number of ether oxygens (including phenoxy) is 3. The summed E-state index contributed by atoms with van der Waals surface area (Å²) in [7, 11) is 2.89. The van der Waals surface area contributed by atoms with E-state index < -0.39 is 29.8 Å². The number of pyridine rings is 3. The number of methoxy groups -OCH3 is 2. The van der Waals surface area contributed by atoms with E-state index in [4.69, 9.17) is 30.8 Å². The fourth-order valence-corrected chi connectivity index (χ4v) is 7.10. The zero-order chi connectivity index (χ0) is 37.7. The van der Waals surface area contributed by atoms with Crippen LogP contribution in [0.3, 0.4) is 0 Å². The molecule has 3 aromatic heterocycles. The highest BCUT2D eigenvalue weighted by atomic mass is 35.5. The Morgan fingerprint density at radius 1 is 0.981 bits per heavy atom. The maximum atomic E-state index is 14.4. The summed E-state index contributed by atoms with van der Waals surface area (Å²) in [5, 5.41) is 19.2. The first-order valence-corrected chi connectivity index (χ1v) is 17.9. The van der Waals surface area contributed by atoms with E-state index in [-0.39, 0.29) is 36.5 Å². The van der Waals surface area contributed by atoms with E-state index in [9.17, 15) is 23.1 Å². The van der Waals surface area contributed by atoms with Crippen LogP contribution in [0.5, 0.6) is 17.6 Å². The third kappa shape index (κ3) is 8.84. The van der Waals surface area contributed by atoms with Gasteiger partial charge in [-0.2, -0.15) is 18.2 Å². The number of rotatable bonds is 14. The van der Waals surface area contributed by atoms with Crippen molar-refractivity contribution in [2.24, 2.45) is 0 Å². The first kappa shape index (κ1) is 38.2. The average Bonchev–Trinajstić information content (AvgIpc) is 3.56. The largest absolute Gasteiger partial charge is 0.481 e. The van der Waals surface area contributed by atoms with E-state index in [1.807, 2.05) is 30.3 Å². The molecule has 53 heavy (non-hydrogen) atoms. The van der Waals surface area contributed by atoms with Crippen LogP contribution in [-0.2, 0) is 30.5 Å². The number of nitrogens with zero attached hydrogens (tertiary/aromatic N) is 3. The van der Waals surface area contributed by atoms with Crippen molar-refractivity contribution in [1.29, 1.82) is 0 Å². The van der Waals surface area contributed by atoms with Gasteiger partial charge in [0.15, 0.2) is 0 Å². The number of aliphatic hydroxyl groups excluding tert-OH is 1. The van der Waals surface area contributed by atoms with Gasteiger partial charge in [0.05, 0.1) is 36.7 Å². The van der Waals surface area contributed by atoms with Crippen molar-refractivity contribution in [2.75, 3.05) is 27.3 Å².